The van der Waals surface area contributed by atoms with Crippen LogP contribution in [0.4, 0.5) is 0 Å². The number of aryl methyl sites for hydroxylation is 1. The molecule has 1 aromatic heterocycles. The van der Waals surface area contributed by atoms with Crippen LogP contribution in [-0.4, -0.2) is 25.7 Å². The monoisotopic (exact) mass is 218 g/mol. The second-order valence-corrected chi connectivity index (χ2v) is 3.18. The van der Waals surface area contributed by atoms with E-state index in [1.54, 1.807) is 4.57 Å². The van der Waals surface area contributed by atoms with E-state index in [-0.39, 0.29) is 11.6 Å². The molecular weight excluding hydrogens is 208 g/mol. The van der Waals surface area contributed by atoms with Crippen molar-refractivity contribution < 1.29 is 15.0 Å². The minimum Gasteiger partial charge on any atom is -0.481 e. The molecule has 1 atom stereocenters. The van der Waals surface area contributed by atoms with Crippen molar-refractivity contribution in [2.24, 2.45) is 0 Å². The van der Waals surface area contributed by atoms with E-state index in [9.17, 15) is 9.90 Å². The predicted octanol–water partition coefficient (Wildman–Crippen LogP) is 1.06. The molecule has 6 heteroatoms. The second kappa shape index (κ2) is 4.43. The first-order valence-corrected chi connectivity index (χ1v) is 4.54. The Morgan fingerprint density at radius 1 is 1.79 bits per heavy atom. The van der Waals surface area contributed by atoms with Crippen LogP contribution in [0.2, 0.25) is 5.15 Å². The van der Waals surface area contributed by atoms with Gasteiger partial charge in [0.15, 0.2) is 5.15 Å². The molecule has 0 spiro atoms. The quantitative estimate of drug-likeness (QED) is 0.793. The van der Waals surface area contributed by atoms with Gasteiger partial charge in [-0.15, -0.1) is 0 Å². The molecule has 0 saturated carbocycles. The number of aliphatic hydroxyl groups is 1. The first kappa shape index (κ1) is 11.0. The summed E-state index contributed by atoms with van der Waals surface area (Å²) in [5.41, 5.74) is 0.358. The lowest BCUT2D eigenvalue weighted by molar-refractivity contribution is -0.139. The molecule has 0 aromatic carbocycles. The van der Waals surface area contributed by atoms with Gasteiger partial charge in [-0.25, -0.2) is 4.98 Å². The summed E-state index contributed by atoms with van der Waals surface area (Å²) in [5, 5.41) is 18.2. The van der Waals surface area contributed by atoms with Gasteiger partial charge in [0, 0.05) is 6.54 Å². The van der Waals surface area contributed by atoms with E-state index in [1.807, 2.05) is 6.92 Å². The number of halogens is 1. The van der Waals surface area contributed by atoms with Crippen LogP contribution < -0.4 is 0 Å². The van der Waals surface area contributed by atoms with Crippen LogP contribution in [0.1, 0.15) is 25.1 Å². The van der Waals surface area contributed by atoms with Crippen LogP contribution in [-0.2, 0) is 11.3 Å². The number of aliphatic carboxylic acids is 1. The van der Waals surface area contributed by atoms with Gasteiger partial charge in [-0.2, -0.15) is 0 Å². The fraction of sp³-hybridized carbons (Fsp3) is 0.500. The van der Waals surface area contributed by atoms with E-state index in [0.29, 0.717) is 12.2 Å². The van der Waals surface area contributed by atoms with E-state index in [4.69, 9.17) is 16.7 Å². The number of carboxylic acids is 1. The van der Waals surface area contributed by atoms with Gasteiger partial charge in [-0.05, 0) is 6.92 Å². The number of imidazole rings is 1. The van der Waals surface area contributed by atoms with Crippen molar-refractivity contribution >= 4 is 17.6 Å². The van der Waals surface area contributed by atoms with Crippen molar-refractivity contribution in [2.75, 3.05) is 0 Å². The van der Waals surface area contributed by atoms with Crippen molar-refractivity contribution in [2.45, 2.75) is 26.0 Å². The highest BCUT2D eigenvalue weighted by atomic mass is 35.5. The lowest BCUT2D eigenvalue weighted by atomic mass is 10.2. The minimum atomic E-state index is -1.11. The minimum absolute atomic E-state index is 0.153. The summed E-state index contributed by atoms with van der Waals surface area (Å²) in [6.07, 6.45) is -0.00353. The molecule has 1 heterocycles. The maximum atomic E-state index is 10.4. The number of rotatable bonds is 4. The fourth-order valence-corrected chi connectivity index (χ4v) is 1.49. The molecule has 1 aromatic rings. The van der Waals surface area contributed by atoms with Crippen molar-refractivity contribution in [3.8, 4) is 0 Å². The number of nitrogens with zero attached hydrogens (tertiary/aromatic N) is 2. The first-order chi connectivity index (χ1) is 6.56. The molecule has 0 aliphatic heterocycles. The van der Waals surface area contributed by atoms with E-state index in [0.717, 1.165) is 0 Å². The fourth-order valence-electron chi connectivity index (χ4n) is 1.21. The Bertz CT molecular complexity index is 337. The number of aliphatic hydroxyl groups excluding tert-OH is 1. The molecule has 0 saturated heterocycles. The molecule has 0 bridgehead atoms. The zero-order chi connectivity index (χ0) is 10.7. The number of hydrogen-bond acceptors (Lipinski definition) is 3. The largest absolute Gasteiger partial charge is 0.481 e. The van der Waals surface area contributed by atoms with E-state index >= 15 is 0 Å². The second-order valence-electron chi connectivity index (χ2n) is 2.82. The van der Waals surface area contributed by atoms with Gasteiger partial charge < -0.3 is 14.8 Å². The average molecular weight is 219 g/mol. The van der Waals surface area contributed by atoms with Crippen LogP contribution in [0.25, 0.3) is 0 Å². The summed E-state index contributed by atoms with van der Waals surface area (Å²) < 4.78 is 1.62. The van der Waals surface area contributed by atoms with Crippen molar-refractivity contribution in [3.05, 3.63) is 17.2 Å². The molecule has 78 valence electrons. The Morgan fingerprint density at radius 3 is 2.93 bits per heavy atom. The molecule has 14 heavy (non-hydrogen) atoms. The van der Waals surface area contributed by atoms with Crippen molar-refractivity contribution in [1.29, 1.82) is 0 Å². The van der Waals surface area contributed by atoms with Crippen molar-refractivity contribution in [1.82, 2.24) is 9.55 Å². The molecule has 5 nitrogen and oxygen atoms in total. The van der Waals surface area contributed by atoms with Gasteiger partial charge in [-0.1, -0.05) is 11.6 Å². The highest BCUT2D eigenvalue weighted by Crippen LogP contribution is 2.24. The normalized spacial score (nSPS) is 12.8. The molecule has 0 amide bonds. The third-order valence-electron chi connectivity index (χ3n) is 1.86. The Hall–Kier alpha value is -1.07. The van der Waals surface area contributed by atoms with Gasteiger partial charge in [0.2, 0.25) is 0 Å². The predicted molar refractivity (Wildman–Crippen MR) is 50.1 cm³/mol. The van der Waals surface area contributed by atoms with Crippen molar-refractivity contribution in [3.63, 3.8) is 0 Å². The van der Waals surface area contributed by atoms with Gasteiger partial charge >= 0.3 is 5.97 Å². The molecule has 1 rings (SSSR count). The Kier molecular flexibility index (Phi) is 3.49. The van der Waals surface area contributed by atoms with Crippen LogP contribution >= 0.6 is 11.6 Å². The van der Waals surface area contributed by atoms with Crippen LogP contribution in [0.5, 0.6) is 0 Å². The highest BCUT2D eigenvalue weighted by molar-refractivity contribution is 6.30. The molecule has 1 unspecified atom stereocenters. The smallest absolute Gasteiger partial charge is 0.306 e. The lowest BCUT2D eigenvalue weighted by Crippen LogP contribution is -2.10. The molecule has 0 aliphatic carbocycles. The van der Waals surface area contributed by atoms with Gasteiger partial charge in [0.1, 0.15) is 6.10 Å². The van der Waals surface area contributed by atoms with Gasteiger partial charge in [-0.3, -0.25) is 4.79 Å². The topological polar surface area (TPSA) is 75.3 Å². The number of aromatic nitrogens is 2. The molecule has 0 radical (unpaired) electrons. The third-order valence-corrected chi connectivity index (χ3v) is 2.15. The zero-order valence-electron chi connectivity index (χ0n) is 7.64. The van der Waals surface area contributed by atoms with Crippen LogP contribution in [0, 0.1) is 0 Å². The van der Waals surface area contributed by atoms with Gasteiger partial charge in [0.25, 0.3) is 0 Å². The maximum absolute atomic E-state index is 10.4. The number of carbonyl (C=O) groups is 1. The summed E-state index contributed by atoms with van der Waals surface area (Å²) >= 11 is 5.72. The van der Waals surface area contributed by atoms with Crippen LogP contribution in [0.3, 0.4) is 0 Å². The highest BCUT2D eigenvalue weighted by Gasteiger charge is 2.19. The Labute approximate surface area is 85.9 Å². The zero-order valence-corrected chi connectivity index (χ0v) is 8.40. The molecule has 0 aliphatic rings. The summed E-state index contributed by atoms with van der Waals surface area (Å²) in [7, 11) is 0. The summed E-state index contributed by atoms with van der Waals surface area (Å²) in [4.78, 5) is 14.2. The first-order valence-electron chi connectivity index (χ1n) is 4.16. The maximum Gasteiger partial charge on any atom is 0.306 e. The Balaban J connectivity index is 2.92. The Morgan fingerprint density at radius 2 is 2.43 bits per heavy atom. The number of hydrogen-bond donors (Lipinski definition) is 2. The molecular formula is C8H11ClN2O3. The van der Waals surface area contributed by atoms with E-state index < -0.39 is 12.1 Å². The van der Waals surface area contributed by atoms with E-state index in [1.165, 1.54) is 6.33 Å². The number of carboxylic acid groups (broad SMARTS) is 1. The summed E-state index contributed by atoms with van der Waals surface area (Å²) in [6.45, 7) is 2.45. The van der Waals surface area contributed by atoms with E-state index in [2.05, 4.69) is 4.98 Å². The standard InChI is InChI=1S/C8H11ClN2O3/c1-2-11-4-10-8(9)7(11)5(12)3-6(13)14/h4-5,12H,2-3H2,1H3,(H,13,14). The van der Waals surface area contributed by atoms with Gasteiger partial charge in [0.05, 0.1) is 18.4 Å². The molecule has 0 fully saturated rings. The average Bonchev–Trinajstić information content (AvgIpc) is 2.45. The summed E-state index contributed by atoms with van der Waals surface area (Å²) in [6, 6.07) is 0. The third kappa shape index (κ3) is 2.24. The molecule has 2 N–H and O–H groups in total. The van der Waals surface area contributed by atoms with Crippen LogP contribution in [0.15, 0.2) is 6.33 Å². The SMILES string of the molecule is CCn1cnc(Cl)c1C(O)CC(=O)O. The lowest BCUT2D eigenvalue weighted by Gasteiger charge is -2.10. The summed E-state index contributed by atoms with van der Waals surface area (Å²) in [5.74, 6) is -1.07.